The van der Waals surface area contributed by atoms with E-state index < -0.39 is 12.1 Å². The summed E-state index contributed by atoms with van der Waals surface area (Å²) in [6.07, 6.45) is 6.01. The molecule has 4 fully saturated rings. The topological polar surface area (TPSA) is 79.0 Å². The maximum absolute atomic E-state index is 13.5. The predicted octanol–water partition coefficient (Wildman–Crippen LogP) is 3.36. The minimum atomic E-state index is -0.680. The summed E-state index contributed by atoms with van der Waals surface area (Å²) in [5.41, 5.74) is 1.69. The van der Waals surface area contributed by atoms with Gasteiger partial charge in [-0.1, -0.05) is 32.9 Å². The smallest absolute Gasteiger partial charge is 0.251 e. The number of rotatable bonds is 6. The lowest BCUT2D eigenvalue weighted by Crippen LogP contribution is -2.53. The second-order valence-electron chi connectivity index (χ2n) is 12.0. The van der Waals surface area contributed by atoms with Crippen molar-refractivity contribution in [3.63, 3.8) is 0 Å². The quantitative estimate of drug-likeness (QED) is 0.589. The van der Waals surface area contributed by atoms with Crippen LogP contribution in [0.5, 0.6) is 0 Å². The first kappa shape index (κ1) is 30.0. The highest BCUT2D eigenvalue weighted by Crippen LogP contribution is 2.35. The number of ether oxygens (including phenoxy) is 1. The molecule has 0 spiro atoms. The number of carbonyl (C=O) groups is 3. The molecule has 7 nitrogen and oxygen atoms in total. The Morgan fingerprint density at radius 2 is 1.65 bits per heavy atom. The Hall–Kier alpha value is -1.55. The van der Waals surface area contributed by atoms with Crippen molar-refractivity contribution in [2.75, 3.05) is 26.2 Å². The molecule has 206 valence electrons. The highest BCUT2D eigenvalue weighted by molar-refractivity contribution is 7.59. The number of nitrogens with one attached hydrogen (secondary N) is 1. The molecule has 4 aliphatic rings. The summed E-state index contributed by atoms with van der Waals surface area (Å²) in [6, 6.07) is 7.57. The first-order valence-corrected chi connectivity index (χ1v) is 13.3. The molecule has 1 aromatic carbocycles. The van der Waals surface area contributed by atoms with Gasteiger partial charge in [-0.15, -0.1) is 0 Å². The highest BCUT2D eigenvalue weighted by Gasteiger charge is 2.48. The zero-order chi connectivity index (χ0) is 24.7. The number of hydrogen-bond acceptors (Lipinski definition) is 5. The van der Waals surface area contributed by atoms with Crippen LogP contribution in [0.4, 0.5) is 0 Å². The van der Waals surface area contributed by atoms with Crippen molar-refractivity contribution in [2.24, 2.45) is 5.41 Å². The molecule has 37 heavy (non-hydrogen) atoms. The van der Waals surface area contributed by atoms with Gasteiger partial charge in [-0.2, -0.15) is 27.0 Å². The second-order valence-corrected chi connectivity index (χ2v) is 12.0. The van der Waals surface area contributed by atoms with Crippen LogP contribution in [0, 0.1) is 5.41 Å². The van der Waals surface area contributed by atoms with Crippen molar-refractivity contribution < 1.29 is 19.1 Å². The van der Waals surface area contributed by atoms with Crippen molar-refractivity contribution in [1.82, 2.24) is 15.1 Å². The summed E-state index contributed by atoms with van der Waals surface area (Å²) < 4.78 is 5.55. The summed E-state index contributed by atoms with van der Waals surface area (Å²) in [5.74, 6) is 0.0814. The first-order chi connectivity index (χ1) is 16.7. The van der Waals surface area contributed by atoms with Gasteiger partial charge in [0, 0.05) is 18.2 Å². The molecule has 9 heteroatoms. The van der Waals surface area contributed by atoms with Gasteiger partial charge in [-0.05, 0) is 80.6 Å². The molecular weight excluding hydrogens is 506 g/mol. The van der Waals surface area contributed by atoms with Crippen LogP contribution in [0.2, 0.25) is 0 Å². The van der Waals surface area contributed by atoms with E-state index in [1.807, 2.05) is 12.1 Å². The number of amides is 2. The largest absolute Gasteiger partial charge is 0.368 e. The number of fused-ring (bicyclic) bond motifs is 1. The highest BCUT2D eigenvalue weighted by atomic mass is 32.1. The number of ketones is 1. The summed E-state index contributed by atoms with van der Waals surface area (Å²) in [7, 11) is 0. The molecule has 1 aliphatic carbocycles. The number of benzene rings is 1. The van der Waals surface area contributed by atoms with E-state index in [1.165, 1.54) is 44.3 Å². The fourth-order valence-corrected chi connectivity index (χ4v) is 6.04. The molecule has 0 aromatic heterocycles. The fraction of sp³-hybridized carbons (Fsp3) is 0.679. The van der Waals surface area contributed by atoms with Crippen LogP contribution in [0.3, 0.4) is 0 Å². The van der Waals surface area contributed by atoms with Crippen LogP contribution >= 0.6 is 27.0 Å². The number of likely N-dealkylation sites (tertiary alicyclic amines) is 2. The van der Waals surface area contributed by atoms with E-state index in [-0.39, 0.29) is 62.7 Å². The van der Waals surface area contributed by atoms with E-state index in [4.69, 9.17) is 4.74 Å². The third-order valence-corrected chi connectivity index (χ3v) is 8.05. The Labute approximate surface area is 234 Å². The van der Waals surface area contributed by atoms with Gasteiger partial charge in [0.1, 0.15) is 18.7 Å². The van der Waals surface area contributed by atoms with Gasteiger partial charge in [0.2, 0.25) is 5.91 Å². The molecule has 1 aromatic rings. The molecule has 0 unspecified atom stereocenters. The van der Waals surface area contributed by atoms with Crippen LogP contribution in [0.15, 0.2) is 24.3 Å². The number of carbonyl (C=O) groups excluding carboxylic acids is 3. The monoisotopic (exact) mass is 549 g/mol. The van der Waals surface area contributed by atoms with Crippen molar-refractivity contribution in [2.45, 2.75) is 89.4 Å². The number of nitrogens with zero attached hydrogens (tertiary/aromatic N) is 2. The fourth-order valence-electron chi connectivity index (χ4n) is 6.04. The van der Waals surface area contributed by atoms with E-state index in [0.717, 1.165) is 6.04 Å². The Bertz CT molecular complexity index is 969. The molecule has 3 saturated heterocycles. The molecule has 1 saturated carbocycles. The molecule has 0 bridgehead atoms. The zero-order valence-electron chi connectivity index (χ0n) is 22.3. The Morgan fingerprint density at radius 1 is 1.00 bits per heavy atom. The SMILES string of the molecule is CC(C)(C)C[C@H](NC(=O)c1ccc(C2CCN(C3CC3)CC2)cc1)C(=O)N1CC[C@H]2OCC(=O)[C@H]21.S.S. The van der Waals surface area contributed by atoms with Crippen LogP contribution in [-0.2, 0) is 14.3 Å². The predicted molar refractivity (Wildman–Crippen MR) is 154 cm³/mol. The Balaban J connectivity index is 0.00000190. The molecule has 5 rings (SSSR count). The van der Waals surface area contributed by atoms with Crippen LogP contribution < -0.4 is 5.32 Å². The minimum absolute atomic E-state index is 0. The third-order valence-electron chi connectivity index (χ3n) is 8.05. The minimum Gasteiger partial charge on any atom is -0.368 e. The summed E-state index contributed by atoms with van der Waals surface area (Å²) >= 11 is 0. The number of hydrogen-bond donors (Lipinski definition) is 1. The van der Waals surface area contributed by atoms with E-state index in [0.29, 0.717) is 30.9 Å². The number of piperidine rings is 1. The average Bonchev–Trinajstić information content (AvgIpc) is 3.50. The van der Waals surface area contributed by atoms with Crippen molar-refractivity contribution >= 4 is 44.6 Å². The lowest BCUT2D eigenvalue weighted by molar-refractivity contribution is -0.138. The molecule has 1 N–H and O–H groups in total. The lowest BCUT2D eigenvalue weighted by atomic mass is 9.87. The lowest BCUT2D eigenvalue weighted by Gasteiger charge is -2.32. The van der Waals surface area contributed by atoms with E-state index in [2.05, 4.69) is 43.1 Å². The van der Waals surface area contributed by atoms with Crippen LogP contribution in [-0.4, -0.2) is 77.9 Å². The van der Waals surface area contributed by atoms with E-state index in [9.17, 15) is 14.4 Å². The average molecular weight is 550 g/mol. The standard InChI is InChI=1S/C28H39N3O4.2H2S/c1-28(2,3)16-22(27(34)31-15-12-24-25(31)23(32)17-35-24)29-26(33)20-6-4-18(5-7-20)19-10-13-30(14-11-19)21-8-9-21;;/h4-7,19,21-22,24-25H,8-17H2,1-3H3,(H,29,33);2*1H2/t22-,24+,25+;;/m0../s1. The van der Waals surface area contributed by atoms with Gasteiger partial charge >= 0.3 is 0 Å². The van der Waals surface area contributed by atoms with Crippen LogP contribution in [0.25, 0.3) is 0 Å². The Morgan fingerprint density at radius 3 is 2.24 bits per heavy atom. The van der Waals surface area contributed by atoms with Gasteiger partial charge in [-0.3, -0.25) is 14.4 Å². The molecule has 2 amide bonds. The first-order valence-electron chi connectivity index (χ1n) is 13.3. The van der Waals surface area contributed by atoms with Gasteiger partial charge in [-0.25, -0.2) is 0 Å². The summed E-state index contributed by atoms with van der Waals surface area (Å²) in [5, 5.41) is 3.00. The molecule has 0 radical (unpaired) electrons. The van der Waals surface area contributed by atoms with Crippen LogP contribution in [0.1, 0.15) is 81.1 Å². The Kier molecular flexibility index (Phi) is 9.81. The third kappa shape index (κ3) is 6.91. The maximum Gasteiger partial charge on any atom is 0.251 e. The normalized spacial score (nSPS) is 25.2. The van der Waals surface area contributed by atoms with Gasteiger partial charge in [0.05, 0.1) is 6.10 Å². The van der Waals surface area contributed by atoms with Gasteiger partial charge in [0.15, 0.2) is 5.78 Å². The molecular formula is C28H43N3O4S2. The van der Waals surface area contributed by atoms with Crippen molar-refractivity contribution in [3.8, 4) is 0 Å². The summed E-state index contributed by atoms with van der Waals surface area (Å²) in [4.78, 5) is 43.3. The van der Waals surface area contributed by atoms with Gasteiger partial charge < -0.3 is 19.9 Å². The second kappa shape index (κ2) is 12.1. The molecule has 3 atom stereocenters. The zero-order valence-corrected chi connectivity index (χ0v) is 24.3. The van der Waals surface area contributed by atoms with E-state index in [1.54, 1.807) is 4.90 Å². The molecule has 3 aliphatic heterocycles. The number of Topliss-reactive ketones (excluding diaryl/α,β-unsaturated/α-hetero) is 1. The maximum atomic E-state index is 13.5. The molecule has 3 heterocycles. The van der Waals surface area contributed by atoms with E-state index >= 15 is 0 Å². The summed E-state index contributed by atoms with van der Waals surface area (Å²) in [6.45, 7) is 9.06. The van der Waals surface area contributed by atoms with Gasteiger partial charge in [0.25, 0.3) is 5.91 Å². The van der Waals surface area contributed by atoms with Crippen molar-refractivity contribution in [1.29, 1.82) is 0 Å². The van der Waals surface area contributed by atoms with Crippen molar-refractivity contribution in [3.05, 3.63) is 35.4 Å².